The van der Waals surface area contributed by atoms with E-state index in [-0.39, 0.29) is 11.1 Å². The van der Waals surface area contributed by atoms with E-state index in [9.17, 15) is 9.59 Å². The molecule has 1 aliphatic carbocycles. The van der Waals surface area contributed by atoms with Crippen LogP contribution in [0.5, 0.6) is 5.75 Å². The zero-order chi connectivity index (χ0) is 21.3. The number of ether oxygens (including phenoxy) is 1. The van der Waals surface area contributed by atoms with E-state index >= 15 is 0 Å². The van der Waals surface area contributed by atoms with Crippen LogP contribution < -0.4 is 4.74 Å². The molecule has 0 spiro atoms. The average molecular weight is 425 g/mol. The fraction of sp³-hybridized carbons (Fsp3) is 0.417. The summed E-state index contributed by atoms with van der Waals surface area (Å²) >= 11 is 1.06. The van der Waals surface area contributed by atoms with Crippen LogP contribution in [-0.4, -0.2) is 34.3 Å². The molecule has 1 aromatic carbocycles. The summed E-state index contributed by atoms with van der Waals surface area (Å²) in [5.74, 6) is 1.12. The SMILES string of the molecule is COc1ccc(-n2c(C)cc(/C=C3/SC(=O)N(CC4CCCCC4)C3=O)c2C)cc1. The predicted octanol–water partition coefficient (Wildman–Crippen LogP) is 5.72. The highest BCUT2D eigenvalue weighted by atomic mass is 32.2. The van der Waals surface area contributed by atoms with Gasteiger partial charge in [-0.15, -0.1) is 0 Å². The Labute approximate surface area is 182 Å². The van der Waals surface area contributed by atoms with Crippen molar-refractivity contribution >= 4 is 29.0 Å². The second kappa shape index (κ2) is 8.72. The van der Waals surface area contributed by atoms with Gasteiger partial charge in [-0.1, -0.05) is 19.3 Å². The van der Waals surface area contributed by atoms with Crippen molar-refractivity contribution in [1.29, 1.82) is 0 Å². The van der Waals surface area contributed by atoms with Gasteiger partial charge in [0.1, 0.15) is 5.75 Å². The molecule has 158 valence electrons. The minimum absolute atomic E-state index is 0.138. The third-order valence-electron chi connectivity index (χ3n) is 6.13. The van der Waals surface area contributed by atoms with Crippen molar-refractivity contribution in [2.45, 2.75) is 46.0 Å². The lowest BCUT2D eigenvalue weighted by Crippen LogP contribution is -2.34. The molecule has 1 saturated carbocycles. The van der Waals surface area contributed by atoms with Gasteiger partial charge in [0.15, 0.2) is 0 Å². The van der Waals surface area contributed by atoms with Crippen molar-refractivity contribution < 1.29 is 14.3 Å². The molecular formula is C24H28N2O3S. The lowest BCUT2D eigenvalue weighted by molar-refractivity contribution is -0.123. The molecule has 5 nitrogen and oxygen atoms in total. The zero-order valence-corrected chi connectivity index (χ0v) is 18.6. The molecule has 0 radical (unpaired) electrons. The number of rotatable bonds is 5. The lowest BCUT2D eigenvalue weighted by Gasteiger charge is -2.25. The number of benzene rings is 1. The molecule has 2 fully saturated rings. The van der Waals surface area contributed by atoms with Gasteiger partial charge in [-0.25, -0.2) is 0 Å². The third-order valence-corrected chi connectivity index (χ3v) is 7.03. The van der Waals surface area contributed by atoms with Gasteiger partial charge in [-0.3, -0.25) is 14.5 Å². The first-order valence-corrected chi connectivity index (χ1v) is 11.4. The van der Waals surface area contributed by atoms with Gasteiger partial charge in [-0.2, -0.15) is 0 Å². The average Bonchev–Trinajstić information content (AvgIpc) is 3.18. The normalized spacial score (nSPS) is 19.2. The van der Waals surface area contributed by atoms with Crippen molar-refractivity contribution in [3.8, 4) is 11.4 Å². The number of carbonyl (C=O) groups excluding carboxylic acids is 2. The third kappa shape index (κ3) is 4.06. The number of carbonyl (C=O) groups is 2. The van der Waals surface area contributed by atoms with Crippen LogP contribution in [0.1, 0.15) is 49.1 Å². The molecule has 4 rings (SSSR count). The van der Waals surface area contributed by atoms with Gasteiger partial charge in [-0.05, 0) is 86.3 Å². The summed E-state index contributed by atoms with van der Waals surface area (Å²) < 4.78 is 7.40. The van der Waals surface area contributed by atoms with Crippen LogP contribution in [0.15, 0.2) is 35.2 Å². The van der Waals surface area contributed by atoms with Gasteiger partial charge in [0, 0.05) is 23.6 Å². The van der Waals surface area contributed by atoms with Crippen LogP contribution in [0.25, 0.3) is 11.8 Å². The first-order chi connectivity index (χ1) is 14.5. The topological polar surface area (TPSA) is 51.5 Å². The quantitative estimate of drug-likeness (QED) is 0.576. The van der Waals surface area contributed by atoms with Crippen LogP contribution in [0, 0.1) is 19.8 Å². The van der Waals surface area contributed by atoms with Crippen molar-refractivity contribution in [3.63, 3.8) is 0 Å². The first kappa shape index (κ1) is 20.8. The number of hydrogen-bond donors (Lipinski definition) is 0. The molecule has 2 aromatic rings. The number of methoxy groups -OCH3 is 1. The largest absolute Gasteiger partial charge is 0.497 e. The van der Waals surface area contributed by atoms with Gasteiger partial charge >= 0.3 is 0 Å². The fourth-order valence-corrected chi connectivity index (χ4v) is 5.33. The summed E-state index contributed by atoms with van der Waals surface area (Å²) in [7, 11) is 1.65. The molecule has 2 heterocycles. The van der Waals surface area contributed by atoms with E-state index in [1.165, 1.54) is 24.2 Å². The monoisotopic (exact) mass is 424 g/mol. The number of amides is 2. The van der Waals surface area contributed by atoms with E-state index < -0.39 is 0 Å². The highest BCUT2D eigenvalue weighted by Crippen LogP contribution is 2.36. The Morgan fingerprint density at radius 3 is 2.47 bits per heavy atom. The van der Waals surface area contributed by atoms with Crippen LogP contribution in [0.2, 0.25) is 0 Å². The van der Waals surface area contributed by atoms with Crippen molar-refractivity contribution in [1.82, 2.24) is 9.47 Å². The minimum Gasteiger partial charge on any atom is -0.497 e. The maximum Gasteiger partial charge on any atom is 0.293 e. The second-order valence-corrected chi connectivity index (χ2v) is 9.15. The number of thioether (sulfide) groups is 1. The Morgan fingerprint density at radius 2 is 1.80 bits per heavy atom. The van der Waals surface area contributed by atoms with Gasteiger partial charge < -0.3 is 9.30 Å². The van der Waals surface area contributed by atoms with E-state index in [0.29, 0.717) is 17.4 Å². The van der Waals surface area contributed by atoms with Gasteiger partial charge in [0.2, 0.25) is 0 Å². The van der Waals surface area contributed by atoms with Crippen LogP contribution in [0.4, 0.5) is 4.79 Å². The molecule has 0 unspecified atom stereocenters. The summed E-state index contributed by atoms with van der Waals surface area (Å²) in [6.07, 6.45) is 7.77. The molecule has 0 atom stereocenters. The first-order valence-electron chi connectivity index (χ1n) is 10.6. The van der Waals surface area contributed by atoms with E-state index in [1.807, 2.05) is 44.2 Å². The Hall–Kier alpha value is -2.47. The fourth-order valence-electron chi connectivity index (χ4n) is 4.49. The zero-order valence-electron chi connectivity index (χ0n) is 17.8. The molecule has 6 heteroatoms. The smallest absolute Gasteiger partial charge is 0.293 e. The molecule has 2 aliphatic rings. The van der Waals surface area contributed by atoms with Gasteiger partial charge in [0.25, 0.3) is 11.1 Å². The summed E-state index contributed by atoms with van der Waals surface area (Å²) in [6.45, 7) is 4.64. The summed E-state index contributed by atoms with van der Waals surface area (Å²) in [4.78, 5) is 27.4. The summed E-state index contributed by atoms with van der Waals surface area (Å²) in [6, 6.07) is 9.96. The molecule has 0 bridgehead atoms. The maximum absolute atomic E-state index is 12.9. The number of aromatic nitrogens is 1. The molecule has 1 saturated heterocycles. The Bertz CT molecular complexity index is 985. The number of nitrogens with zero attached hydrogens (tertiary/aromatic N) is 2. The Balaban J connectivity index is 1.57. The molecule has 30 heavy (non-hydrogen) atoms. The maximum atomic E-state index is 12.9. The van der Waals surface area contributed by atoms with E-state index in [2.05, 4.69) is 10.6 Å². The van der Waals surface area contributed by atoms with E-state index in [4.69, 9.17) is 4.74 Å². The molecule has 0 N–H and O–H groups in total. The van der Waals surface area contributed by atoms with Gasteiger partial charge in [0.05, 0.1) is 12.0 Å². The Kier molecular flexibility index (Phi) is 6.04. The predicted molar refractivity (Wildman–Crippen MR) is 121 cm³/mol. The lowest BCUT2D eigenvalue weighted by atomic mass is 9.89. The van der Waals surface area contributed by atoms with Crippen molar-refractivity contribution in [3.05, 3.63) is 52.2 Å². The molecular weight excluding hydrogens is 396 g/mol. The highest BCUT2D eigenvalue weighted by Gasteiger charge is 2.36. The molecule has 1 aromatic heterocycles. The van der Waals surface area contributed by atoms with Crippen LogP contribution in [0.3, 0.4) is 0 Å². The number of aryl methyl sites for hydroxylation is 1. The van der Waals surface area contributed by atoms with Crippen molar-refractivity contribution in [2.75, 3.05) is 13.7 Å². The number of hydrogen-bond acceptors (Lipinski definition) is 4. The van der Waals surface area contributed by atoms with E-state index in [1.54, 1.807) is 7.11 Å². The minimum atomic E-state index is -0.148. The number of imide groups is 1. The van der Waals surface area contributed by atoms with Crippen LogP contribution in [-0.2, 0) is 4.79 Å². The highest BCUT2D eigenvalue weighted by molar-refractivity contribution is 8.18. The summed E-state index contributed by atoms with van der Waals surface area (Å²) in [5.41, 5.74) is 4.12. The second-order valence-electron chi connectivity index (χ2n) is 8.16. The van der Waals surface area contributed by atoms with Crippen molar-refractivity contribution in [2.24, 2.45) is 5.92 Å². The van der Waals surface area contributed by atoms with Crippen LogP contribution >= 0.6 is 11.8 Å². The standard InChI is InChI=1S/C24H28N2O3S/c1-16-13-19(17(2)26(16)20-9-11-21(29-3)12-10-20)14-22-23(27)25(24(28)30-22)15-18-7-5-4-6-8-18/h9-14,18H,4-8,15H2,1-3H3/b22-14+. The molecule has 2 amide bonds. The molecule has 1 aliphatic heterocycles. The van der Waals surface area contributed by atoms with E-state index in [0.717, 1.165) is 53.0 Å². The summed E-state index contributed by atoms with van der Waals surface area (Å²) in [5, 5.41) is -0.138. The Morgan fingerprint density at radius 1 is 1.10 bits per heavy atom.